The fourth-order valence-corrected chi connectivity index (χ4v) is 2.48. The second-order valence-electron chi connectivity index (χ2n) is 5.05. The lowest BCUT2D eigenvalue weighted by atomic mass is 10.2. The number of aromatic nitrogens is 4. The van der Waals surface area contributed by atoms with Crippen LogP contribution in [0.25, 0.3) is 11.0 Å². The van der Waals surface area contributed by atoms with Crippen LogP contribution in [0.3, 0.4) is 0 Å². The molecule has 7 heteroatoms. The molecule has 0 radical (unpaired) electrons. The molecule has 0 atom stereocenters. The van der Waals surface area contributed by atoms with Gasteiger partial charge in [0.05, 0.1) is 28.0 Å². The number of rotatable bonds is 4. The Morgan fingerprint density at radius 3 is 2.86 bits per heavy atom. The van der Waals surface area contributed by atoms with E-state index in [9.17, 15) is 5.26 Å². The highest BCUT2D eigenvalue weighted by molar-refractivity contribution is 5.96. The summed E-state index contributed by atoms with van der Waals surface area (Å²) in [6.45, 7) is 4.72. The summed E-state index contributed by atoms with van der Waals surface area (Å²) in [5.74, 6) is 0.700. The van der Waals surface area contributed by atoms with E-state index in [1.807, 2.05) is 33.2 Å². The van der Waals surface area contributed by atoms with Crippen LogP contribution in [0, 0.1) is 18.3 Å². The van der Waals surface area contributed by atoms with Crippen molar-refractivity contribution in [1.29, 1.82) is 5.26 Å². The van der Waals surface area contributed by atoms with Crippen LogP contribution in [0.2, 0.25) is 0 Å². The van der Waals surface area contributed by atoms with Crippen molar-refractivity contribution in [3.05, 3.63) is 29.7 Å². The highest BCUT2D eigenvalue weighted by atomic mass is 15.3. The SMILES string of the molecule is CCNc1cc(Nc2cn(C)nc2C)nc2[nH]cc(C#N)c12. The number of aryl methyl sites for hydroxylation is 2. The zero-order valence-electron chi connectivity index (χ0n) is 12.7. The van der Waals surface area contributed by atoms with Gasteiger partial charge in [-0.25, -0.2) is 4.98 Å². The van der Waals surface area contributed by atoms with Gasteiger partial charge in [-0.3, -0.25) is 4.68 Å². The predicted molar refractivity (Wildman–Crippen MR) is 86.2 cm³/mol. The van der Waals surface area contributed by atoms with Gasteiger partial charge in [0.25, 0.3) is 0 Å². The molecule has 0 unspecified atom stereocenters. The molecule has 0 aliphatic carbocycles. The zero-order valence-corrected chi connectivity index (χ0v) is 12.7. The maximum Gasteiger partial charge on any atom is 0.143 e. The van der Waals surface area contributed by atoms with E-state index < -0.39 is 0 Å². The molecule has 3 rings (SSSR count). The van der Waals surface area contributed by atoms with Gasteiger partial charge >= 0.3 is 0 Å². The molecule has 3 aromatic rings. The molecule has 0 aliphatic rings. The standard InChI is InChI=1S/C15H17N7/c1-4-17-11-5-13(19-12-8-22(3)21-9(12)2)20-15-14(11)10(6-16)7-18-15/h5,7-8H,4H2,1-3H3,(H3,17,18,19,20). The van der Waals surface area contributed by atoms with Gasteiger partial charge in [-0.05, 0) is 13.8 Å². The van der Waals surface area contributed by atoms with Crippen LogP contribution < -0.4 is 10.6 Å². The van der Waals surface area contributed by atoms with Gasteiger partial charge in [0.1, 0.15) is 17.5 Å². The van der Waals surface area contributed by atoms with Gasteiger partial charge in [-0.2, -0.15) is 10.4 Å². The van der Waals surface area contributed by atoms with Crippen LogP contribution in [0.1, 0.15) is 18.2 Å². The van der Waals surface area contributed by atoms with Gasteiger partial charge in [0.15, 0.2) is 0 Å². The van der Waals surface area contributed by atoms with Gasteiger partial charge < -0.3 is 15.6 Å². The summed E-state index contributed by atoms with van der Waals surface area (Å²) in [5.41, 5.74) is 3.96. The molecule has 0 saturated heterocycles. The van der Waals surface area contributed by atoms with E-state index in [0.29, 0.717) is 17.0 Å². The van der Waals surface area contributed by atoms with E-state index in [1.165, 1.54) is 0 Å². The summed E-state index contributed by atoms with van der Waals surface area (Å²) in [7, 11) is 1.88. The Kier molecular flexibility index (Phi) is 3.43. The molecule has 0 aliphatic heterocycles. The first-order valence-electron chi connectivity index (χ1n) is 7.05. The topological polar surface area (TPSA) is 94.3 Å². The molecule has 0 fully saturated rings. The second-order valence-corrected chi connectivity index (χ2v) is 5.05. The summed E-state index contributed by atoms with van der Waals surface area (Å²) >= 11 is 0. The molecule has 3 heterocycles. The van der Waals surface area contributed by atoms with Gasteiger partial charge in [0, 0.05) is 32.1 Å². The number of hydrogen-bond acceptors (Lipinski definition) is 5. The number of fused-ring (bicyclic) bond motifs is 1. The van der Waals surface area contributed by atoms with E-state index in [0.717, 1.165) is 29.0 Å². The highest BCUT2D eigenvalue weighted by Gasteiger charge is 2.13. The summed E-state index contributed by atoms with van der Waals surface area (Å²) < 4.78 is 1.75. The van der Waals surface area contributed by atoms with Crippen LogP contribution in [0.4, 0.5) is 17.2 Å². The lowest BCUT2D eigenvalue weighted by Gasteiger charge is -2.09. The van der Waals surface area contributed by atoms with Crippen molar-refractivity contribution in [3.63, 3.8) is 0 Å². The molecule has 0 aromatic carbocycles. The van der Waals surface area contributed by atoms with Gasteiger partial charge in [-0.15, -0.1) is 0 Å². The van der Waals surface area contributed by atoms with Crippen LogP contribution in [-0.2, 0) is 7.05 Å². The fourth-order valence-electron chi connectivity index (χ4n) is 2.48. The number of pyridine rings is 1. The second kappa shape index (κ2) is 5.41. The van der Waals surface area contributed by atoms with E-state index in [4.69, 9.17) is 0 Å². The molecule has 7 nitrogen and oxygen atoms in total. The first-order valence-corrected chi connectivity index (χ1v) is 7.05. The smallest absolute Gasteiger partial charge is 0.143 e. The highest BCUT2D eigenvalue weighted by Crippen LogP contribution is 2.29. The van der Waals surface area contributed by atoms with Gasteiger partial charge in [-0.1, -0.05) is 0 Å². The first kappa shape index (κ1) is 13.9. The number of nitrogens with one attached hydrogen (secondary N) is 3. The molecule has 0 amide bonds. The van der Waals surface area contributed by atoms with Crippen molar-refractivity contribution >= 4 is 28.2 Å². The summed E-state index contributed by atoms with van der Waals surface area (Å²) in [6.07, 6.45) is 3.58. The van der Waals surface area contributed by atoms with Crippen molar-refractivity contribution in [2.45, 2.75) is 13.8 Å². The fraction of sp³-hybridized carbons (Fsp3) is 0.267. The first-order chi connectivity index (χ1) is 10.6. The predicted octanol–water partition coefficient (Wildman–Crippen LogP) is 2.65. The third kappa shape index (κ3) is 2.35. The quantitative estimate of drug-likeness (QED) is 0.688. The van der Waals surface area contributed by atoms with Crippen molar-refractivity contribution < 1.29 is 0 Å². The molecular formula is C15H17N7. The molecule has 3 aromatic heterocycles. The third-order valence-electron chi connectivity index (χ3n) is 3.41. The summed E-state index contributed by atoms with van der Waals surface area (Å²) in [6, 6.07) is 4.10. The molecule has 112 valence electrons. The normalized spacial score (nSPS) is 10.6. The van der Waals surface area contributed by atoms with Crippen LogP contribution in [0.15, 0.2) is 18.5 Å². The maximum absolute atomic E-state index is 9.21. The largest absolute Gasteiger partial charge is 0.385 e. The molecule has 0 saturated carbocycles. The Morgan fingerprint density at radius 1 is 1.41 bits per heavy atom. The Labute approximate surface area is 128 Å². The molecule has 0 spiro atoms. The maximum atomic E-state index is 9.21. The van der Waals surface area contributed by atoms with E-state index >= 15 is 0 Å². The van der Waals surface area contributed by atoms with Gasteiger partial charge in [0.2, 0.25) is 0 Å². The number of H-pyrrole nitrogens is 1. The van der Waals surface area contributed by atoms with Crippen molar-refractivity contribution in [3.8, 4) is 6.07 Å². The number of anilines is 3. The number of hydrogen-bond donors (Lipinski definition) is 3. The van der Waals surface area contributed by atoms with Crippen molar-refractivity contribution in [2.24, 2.45) is 7.05 Å². The average molecular weight is 295 g/mol. The average Bonchev–Trinajstić information content (AvgIpc) is 3.02. The van der Waals surface area contributed by atoms with Crippen molar-refractivity contribution in [2.75, 3.05) is 17.2 Å². The number of aromatic amines is 1. The minimum Gasteiger partial charge on any atom is -0.385 e. The Balaban J connectivity index is 2.07. The van der Waals surface area contributed by atoms with E-state index in [-0.39, 0.29) is 0 Å². The molecule has 0 bridgehead atoms. The minimum atomic E-state index is 0.586. The lowest BCUT2D eigenvalue weighted by molar-refractivity contribution is 0.756. The number of nitriles is 1. The minimum absolute atomic E-state index is 0.586. The van der Waals surface area contributed by atoms with Crippen molar-refractivity contribution in [1.82, 2.24) is 19.7 Å². The van der Waals surface area contributed by atoms with E-state index in [2.05, 4.69) is 31.8 Å². The summed E-state index contributed by atoms with van der Waals surface area (Å²) in [5, 5.41) is 20.9. The lowest BCUT2D eigenvalue weighted by Crippen LogP contribution is -2.01. The third-order valence-corrected chi connectivity index (χ3v) is 3.41. The molecular weight excluding hydrogens is 278 g/mol. The Bertz CT molecular complexity index is 866. The van der Waals surface area contributed by atoms with Crippen LogP contribution in [0.5, 0.6) is 0 Å². The van der Waals surface area contributed by atoms with Crippen LogP contribution in [-0.4, -0.2) is 26.3 Å². The van der Waals surface area contributed by atoms with E-state index in [1.54, 1.807) is 10.9 Å². The molecule has 3 N–H and O–H groups in total. The summed E-state index contributed by atoms with van der Waals surface area (Å²) in [4.78, 5) is 7.59. The van der Waals surface area contributed by atoms with Crippen LogP contribution >= 0.6 is 0 Å². The molecule has 22 heavy (non-hydrogen) atoms. The Morgan fingerprint density at radius 2 is 2.23 bits per heavy atom. The Hall–Kier alpha value is -3.01. The monoisotopic (exact) mass is 295 g/mol. The number of nitrogens with zero attached hydrogens (tertiary/aromatic N) is 4. The zero-order chi connectivity index (χ0) is 15.7.